The molecule has 26 heavy (non-hydrogen) atoms. The van der Waals surface area contributed by atoms with Crippen LogP contribution in [0.5, 0.6) is 0 Å². The topological polar surface area (TPSA) is 93.7 Å². The molecule has 2 rings (SSSR count). The van der Waals surface area contributed by atoms with E-state index in [1.807, 2.05) is 30.3 Å². The van der Waals surface area contributed by atoms with E-state index in [1.165, 1.54) is 15.7 Å². The molecule has 0 saturated heterocycles. The first-order valence-corrected chi connectivity index (χ1v) is 9.04. The van der Waals surface area contributed by atoms with Crippen molar-refractivity contribution in [2.75, 3.05) is 19.8 Å². The highest BCUT2D eigenvalue weighted by molar-refractivity contribution is 9.11. The van der Waals surface area contributed by atoms with E-state index in [9.17, 15) is 14.7 Å². The molecule has 0 radical (unpaired) electrons. The molecule has 0 amide bonds. The van der Waals surface area contributed by atoms with Crippen molar-refractivity contribution in [3.05, 3.63) is 73.5 Å². The molecule has 0 aliphatic carbocycles. The molecule has 1 heterocycles. The molecule has 8 heteroatoms. The molecule has 1 aromatic heterocycles. The van der Waals surface area contributed by atoms with E-state index in [1.54, 1.807) is 6.08 Å². The number of rotatable bonds is 9. The van der Waals surface area contributed by atoms with Crippen LogP contribution >= 0.6 is 15.9 Å². The predicted molar refractivity (Wildman–Crippen MR) is 102 cm³/mol. The van der Waals surface area contributed by atoms with Crippen LogP contribution < -0.4 is 11.2 Å². The Balaban J connectivity index is 2.57. The lowest BCUT2D eigenvalue weighted by Gasteiger charge is -2.21. The fourth-order valence-electron chi connectivity index (χ4n) is 2.54. The van der Waals surface area contributed by atoms with Crippen molar-refractivity contribution in [2.45, 2.75) is 19.2 Å². The highest BCUT2D eigenvalue weighted by Crippen LogP contribution is 2.12. The van der Waals surface area contributed by atoms with Crippen LogP contribution in [0.3, 0.4) is 0 Å². The third kappa shape index (κ3) is 5.01. The van der Waals surface area contributed by atoms with E-state index in [4.69, 9.17) is 9.84 Å². The Morgan fingerprint density at radius 2 is 1.88 bits per heavy atom. The van der Waals surface area contributed by atoms with E-state index in [2.05, 4.69) is 15.9 Å². The van der Waals surface area contributed by atoms with Gasteiger partial charge in [0.15, 0.2) is 0 Å². The quantitative estimate of drug-likeness (QED) is 0.632. The van der Waals surface area contributed by atoms with Crippen molar-refractivity contribution in [1.29, 1.82) is 0 Å². The van der Waals surface area contributed by atoms with Crippen LogP contribution in [0.15, 0.2) is 51.1 Å². The molecule has 0 bridgehead atoms. The number of hydrogen-bond acceptors (Lipinski definition) is 5. The molecule has 1 atom stereocenters. The minimum atomic E-state index is -0.787. The summed E-state index contributed by atoms with van der Waals surface area (Å²) in [5.41, 5.74) is 0.152. The van der Waals surface area contributed by atoms with Crippen molar-refractivity contribution < 1.29 is 14.9 Å². The zero-order valence-corrected chi connectivity index (χ0v) is 15.7. The lowest BCUT2D eigenvalue weighted by atomic mass is 10.2. The maximum atomic E-state index is 12.9. The summed E-state index contributed by atoms with van der Waals surface area (Å²) in [5, 5.41) is 18.3. The summed E-state index contributed by atoms with van der Waals surface area (Å²) < 4.78 is 7.88. The molecule has 0 aliphatic rings. The largest absolute Gasteiger partial charge is 0.396 e. The fraction of sp³-hybridized carbons (Fsp3) is 0.333. The van der Waals surface area contributed by atoms with Crippen LogP contribution in [0.2, 0.25) is 0 Å². The summed E-state index contributed by atoms with van der Waals surface area (Å²) in [6.07, 6.45) is 2.31. The molecule has 0 unspecified atom stereocenters. The van der Waals surface area contributed by atoms with Gasteiger partial charge in [-0.25, -0.2) is 4.79 Å². The third-order valence-corrected chi connectivity index (χ3v) is 4.00. The Morgan fingerprint density at radius 1 is 1.15 bits per heavy atom. The third-order valence-electron chi connectivity index (χ3n) is 3.74. The number of ether oxygens (including phenoxy) is 1. The first kappa shape index (κ1) is 20.3. The minimum Gasteiger partial charge on any atom is -0.396 e. The number of halogens is 1. The lowest BCUT2D eigenvalue weighted by Crippen LogP contribution is -2.43. The van der Waals surface area contributed by atoms with Gasteiger partial charge in [-0.05, 0) is 16.6 Å². The number of benzene rings is 1. The van der Waals surface area contributed by atoms with Crippen molar-refractivity contribution in [3.8, 4) is 0 Å². The SMILES string of the molecule is O=c1c(/C=C/Br)cn([C@H](CCO)OCCO)c(=O)n1Cc1ccccc1. The summed E-state index contributed by atoms with van der Waals surface area (Å²) in [6.45, 7) is -0.286. The number of aromatic nitrogens is 2. The van der Waals surface area contributed by atoms with Crippen molar-refractivity contribution in [3.63, 3.8) is 0 Å². The van der Waals surface area contributed by atoms with Gasteiger partial charge in [0.1, 0.15) is 6.23 Å². The summed E-state index contributed by atoms with van der Waals surface area (Å²) >= 11 is 3.14. The fourth-order valence-corrected chi connectivity index (χ4v) is 2.82. The first-order valence-electron chi connectivity index (χ1n) is 8.12. The second kappa shape index (κ2) is 10.2. The molecular weight excluding hydrogens is 404 g/mol. The van der Waals surface area contributed by atoms with Gasteiger partial charge in [0, 0.05) is 19.2 Å². The molecule has 0 aliphatic heterocycles. The Bertz CT molecular complexity index is 845. The second-order valence-electron chi connectivity index (χ2n) is 5.51. The summed E-state index contributed by atoms with van der Waals surface area (Å²) in [7, 11) is 0. The van der Waals surface area contributed by atoms with Crippen LogP contribution in [-0.4, -0.2) is 39.2 Å². The average Bonchev–Trinajstić information content (AvgIpc) is 2.65. The van der Waals surface area contributed by atoms with Crippen LogP contribution in [0.1, 0.15) is 23.8 Å². The normalized spacial score (nSPS) is 12.6. The van der Waals surface area contributed by atoms with Gasteiger partial charge in [0.25, 0.3) is 5.56 Å². The van der Waals surface area contributed by atoms with Gasteiger partial charge >= 0.3 is 5.69 Å². The van der Waals surface area contributed by atoms with E-state index in [0.29, 0.717) is 5.56 Å². The van der Waals surface area contributed by atoms with E-state index in [0.717, 1.165) is 10.1 Å². The highest BCUT2D eigenvalue weighted by Gasteiger charge is 2.18. The predicted octanol–water partition coefficient (Wildman–Crippen LogP) is 1.31. The van der Waals surface area contributed by atoms with Gasteiger partial charge in [-0.1, -0.05) is 46.3 Å². The van der Waals surface area contributed by atoms with Gasteiger partial charge < -0.3 is 14.9 Å². The van der Waals surface area contributed by atoms with Crippen molar-refractivity contribution in [1.82, 2.24) is 9.13 Å². The van der Waals surface area contributed by atoms with E-state index in [-0.39, 0.29) is 32.8 Å². The second-order valence-corrected chi connectivity index (χ2v) is 6.03. The van der Waals surface area contributed by atoms with E-state index >= 15 is 0 Å². The molecule has 2 N–H and O–H groups in total. The highest BCUT2D eigenvalue weighted by atomic mass is 79.9. The Morgan fingerprint density at radius 3 is 2.50 bits per heavy atom. The molecule has 1 aromatic carbocycles. The molecule has 2 aromatic rings. The monoisotopic (exact) mass is 424 g/mol. The van der Waals surface area contributed by atoms with E-state index < -0.39 is 17.5 Å². The smallest absolute Gasteiger partial charge is 0.333 e. The average molecular weight is 425 g/mol. The van der Waals surface area contributed by atoms with Gasteiger partial charge in [-0.15, -0.1) is 0 Å². The minimum absolute atomic E-state index is 0.0124. The maximum absolute atomic E-state index is 12.9. The number of nitrogens with zero attached hydrogens (tertiary/aromatic N) is 2. The van der Waals surface area contributed by atoms with Gasteiger partial charge in [0.2, 0.25) is 0 Å². The molecule has 7 nitrogen and oxygen atoms in total. The zero-order chi connectivity index (χ0) is 18.9. The van der Waals surface area contributed by atoms with Gasteiger partial charge in [-0.2, -0.15) is 0 Å². The lowest BCUT2D eigenvalue weighted by molar-refractivity contribution is -0.0315. The number of aliphatic hydroxyl groups is 2. The van der Waals surface area contributed by atoms with Crippen molar-refractivity contribution in [2.24, 2.45) is 0 Å². The Hall–Kier alpha value is -2.00. The van der Waals surface area contributed by atoms with Crippen LogP contribution in [0.25, 0.3) is 6.08 Å². The maximum Gasteiger partial charge on any atom is 0.333 e. The number of hydrogen-bond donors (Lipinski definition) is 2. The molecule has 0 spiro atoms. The molecule has 140 valence electrons. The standard InChI is InChI=1S/C18H21BrN2O5/c19-8-6-15-13-20(16(7-9-22)26-11-10-23)18(25)21(17(15)24)12-14-4-2-1-3-5-14/h1-6,8,13,16,22-23H,7,9-12H2/b8-6+/t16-/m0/s1. The zero-order valence-electron chi connectivity index (χ0n) is 14.1. The first-order chi connectivity index (χ1) is 12.6. The molecule has 0 saturated carbocycles. The van der Waals surface area contributed by atoms with Crippen LogP contribution in [-0.2, 0) is 11.3 Å². The summed E-state index contributed by atoms with van der Waals surface area (Å²) in [6, 6.07) is 9.18. The van der Waals surface area contributed by atoms with Crippen molar-refractivity contribution >= 4 is 22.0 Å². The van der Waals surface area contributed by atoms with Crippen LogP contribution in [0, 0.1) is 0 Å². The Labute approximate surface area is 158 Å². The van der Waals surface area contributed by atoms with Gasteiger partial charge in [-0.3, -0.25) is 13.9 Å². The molecule has 0 fully saturated rings. The Kier molecular flexibility index (Phi) is 7.99. The summed E-state index contributed by atoms with van der Waals surface area (Å²) in [4.78, 5) is 27.1. The van der Waals surface area contributed by atoms with Crippen LogP contribution in [0.4, 0.5) is 0 Å². The molecular formula is C18H21BrN2O5. The number of aliphatic hydroxyl groups excluding tert-OH is 2. The summed E-state index contributed by atoms with van der Waals surface area (Å²) in [5.74, 6) is 0. The van der Waals surface area contributed by atoms with Gasteiger partial charge in [0.05, 0.1) is 25.3 Å².